The average molecular weight is 1020 g/mol. The molecule has 13 aromatic carbocycles. The van der Waals surface area contributed by atoms with Gasteiger partial charge in [-0.05, 0) is 156 Å². The van der Waals surface area contributed by atoms with Crippen LogP contribution in [0.2, 0.25) is 0 Å². The fourth-order valence-electron chi connectivity index (χ4n) is 12.4. The molecule has 3 nitrogen and oxygen atoms in total. The van der Waals surface area contributed by atoms with Crippen LogP contribution in [0.3, 0.4) is 0 Å². The summed E-state index contributed by atoms with van der Waals surface area (Å²) in [4.78, 5) is 7.60. The second kappa shape index (κ2) is 19.9. The van der Waals surface area contributed by atoms with Crippen molar-refractivity contribution in [3.63, 3.8) is 0 Å². The predicted molar refractivity (Wildman–Crippen MR) is 340 cm³/mol. The van der Waals surface area contributed by atoms with Gasteiger partial charge in [0.05, 0.1) is 5.69 Å². The number of fused-ring (bicyclic) bond motifs is 6. The predicted octanol–water partition coefficient (Wildman–Crippen LogP) is 19.4. The summed E-state index contributed by atoms with van der Waals surface area (Å²) in [6.45, 7) is -0.198. The molecule has 4 heteroatoms. The number of nitrogens with zero attached hydrogens (tertiary/aromatic N) is 3. The van der Waals surface area contributed by atoms with Gasteiger partial charge in [0.25, 0.3) is 0 Å². The molecular formula is C76H52BN3. The van der Waals surface area contributed by atoms with Gasteiger partial charge in [-0.3, -0.25) is 0 Å². The van der Waals surface area contributed by atoms with Crippen LogP contribution in [0.4, 0.5) is 45.5 Å². The molecule has 0 saturated heterocycles. The maximum atomic E-state index is 2.63. The van der Waals surface area contributed by atoms with Crippen molar-refractivity contribution in [1.29, 1.82) is 0 Å². The first-order valence-electron chi connectivity index (χ1n) is 27.6. The molecule has 0 fully saturated rings. The molecule has 374 valence electrons. The van der Waals surface area contributed by atoms with Gasteiger partial charge in [0, 0.05) is 50.8 Å². The highest BCUT2D eigenvalue weighted by Gasteiger charge is 2.46. The highest BCUT2D eigenvalue weighted by Crippen LogP contribution is 2.51. The van der Waals surface area contributed by atoms with Crippen LogP contribution in [0.25, 0.3) is 77.5 Å². The van der Waals surface area contributed by atoms with E-state index < -0.39 is 0 Å². The minimum atomic E-state index is -0.198. The molecule has 0 amide bonds. The van der Waals surface area contributed by atoms with E-state index >= 15 is 0 Å². The van der Waals surface area contributed by atoms with Gasteiger partial charge in [-0.1, -0.05) is 237 Å². The standard InChI is InChI=1S/C76H52BN3/c1-6-18-53(19-7-1)58-30-39-64(40-31-58)78(65-41-32-59(33-42-65)54-20-8-2-9-21-54)68-47-49-73-70(52-68)71-50-63-28-16-17-29-69(63)76-75(71)77(80(73)67-45-36-61(37-46-67)56-24-12-4-13-25-56)72-51-62(57-26-14-5-15-27-57)38-48-74(72)79(76)66-43-34-60(35-44-66)55-22-10-3-11-23-55/h1-52H. The van der Waals surface area contributed by atoms with E-state index in [2.05, 4.69) is 330 Å². The van der Waals surface area contributed by atoms with Gasteiger partial charge < -0.3 is 14.6 Å². The average Bonchev–Trinajstić information content (AvgIpc) is 3.59. The first-order chi connectivity index (χ1) is 39.7. The van der Waals surface area contributed by atoms with Gasteiger partial charge >= 0.3 is 6.85 Å². The summed E-state index contributed by atoms with van der Waals surface area (Å²) in [7, 11) is 0. The lowest BCUT2D eigenvalue weighted by atomic mass is 9.43. The third kappa shape index (κ3) is 8.25. The Kier molecular flexibility index (Phi) is 11.6. The highest BCUT2D eigenvalue weighted by atomic mass is 15.2. The molecule has 0 unspecified atom stereocenters. The maximum absolute atomic E-state index is 2.63. The van der Waals surface area contributed by atoms with Crippen LogP contribution in [0.1, 0.15) is 0 Å². The molecule has 2 aliphatic heterocycles. The molecular weight excluding hydrogens is 966 g/mol. The smallest absolute Gasteiger partial charge is 0.333 e. The van der Waals surface area contributed by atoms with Crippen LogP contribution in [0.15, 0.2) is 315 Å². The largest absolute Gasteiger partial charge is 0.376 e. The van der Waals surface area contributed by atoms with E-state index in [4.69, 9.17) is 0 Å². The summed E-state index contributed by atoms with van der Waals surface area (Å²) < 4.78 is 0. The van der Waals surface area contributed by atoms with E-state index in [1.807, 2.05) is 0 Å². The molecule has 2 heterocycles. The Hall–Kier alpha value is -10.4. The van der Waals surface area contributed by atoms with Crippen molar-refractivity contribution >= 4 is 74.0 Å². The molecule has 0 atom stereocenters. The van der Waals surface area contributed by atoms with E-state index in [1.54, 1.807) is 0 Å². The lowest BCUT2D eigenvalue weighted by Crippen LogP contribution is -2.61. The number of hydrogen-bond donors (Lipinski definition) is 0. The Balaban J connectivity index is 0.985. The summed E-state index contributed by atoms with van der Waals surface area (Å²) in [5, 5.41) is 2.40. The molecule has 0 spiro atoms. The number of anilines is 8. The van der Waals surface area contributed by atoms with Crippen LogP contribution in [-0.4, -0.2) is 6.85 Å². The van der Waals surface area contributed by atoms with Gasteiger partial charge in [-0.15, -0.1) is 0 Å². The summed E-state index contributed by atoms with van der Waals surface area (Å²) in [5.74, 6) is 0. The van der Waals surface area contributed by atoms with Crippen LogP contribution in [0, 0.1) is 0 Å². The van der Waals surface area contributed by atoms with Crippen LogP contribution >= 0.6 is 0 Å². The van der Waals surface area contributed by atoms with Crippen molar-refractivity contribution in [2.45, 2.75) is 0 Å². The van der Waals surface area contributed by atoms with Crippen molar-refractivity contribution in [2.24, 2.45) is 0 Å². The Labute approximate surface area is 468 Å². The van der Waals surface area contributed by atoms with Crippen molar-refractivity contribution in [2.75, 3.05) is 14.6 Å². The molecule has 0 N–H and O–H groups in total. The van der Waals surface area contributed by atoms with E-state index in [0.717, 1.165) is 39.8 Å². The van der Waals surface area contributed by atoms with E-state index in [-0.39, 0.29) is 6.85 Å². The van der Waals surface area contributed by atoms with Crippen molar-refractivity contribution < 1.29 is 0 Å². The van der Waals surface area contributed by atoms with Crippen molar-refractivity contribution in [3.8, 4) is 66.8 Å². The second-order valence-electron chi connectivity index (χ2n) is 20.8. The van der Waals surface area contributed by atoms with E-state index in [0.29, 0.717) is 0 Å². The van der Waals surface area contributed by atoms with Crippen LogP contribution in [-0.2, 0) is 0 Å². The molecule has 0 aliphatic carbocycles. The Bertz CT molecular complexity index is 4280. The first kappa shape index (κ1) is 46.9. The summed E-state index contributed by atoms with van der Waals surface area (Å²) >= 11 is 0. The van der Waals surface area contributed by atoms with Gasteiger partial charge in [-0.2, -0.15) is 0 Å². The fraction of sp³-hybridized carbons (Fsp3) is 0. The zero-order valence-corrected chi connectivity index (χ0v) is 43.9. The third-order valence-corrected chi connectivity index (χ3v) is 16.2. The Morgan fingerprint density at radius 3 is 1.16 bits per heavy atom. The molecule has 0 bridgehead atoms. The van der Waals surface area contributed by atoms with Crippen LogP contribution < -0.4 is 25.5 Å². The van der Waals surface area contributed by atoms with Gasteiger partial charge in [0.1, 0.15) is 0 Å². The van der Waals surface area contributed by atoms with Crippen LogP contribution in [0.5, 0.6) is 0 Å². The Morgan fingerprint density at radius 2 is 0.662 bits per heavy atom. The van der Waals surface area contributed by atoms with Gasteiger partial charge in [0.15, 0.2) is 0 Å². The third-order valence-electron chi connectivity index (χ3n) is 16.2. The molecule has 80 heavy (non-hydrogen) atoms. The molecule has 0 saturated carbocycles. The zero-order chi connectivity index (χ0) is 52.9. The second-order valence-corrected chi connectivity index (χ2v) is 20.8. The summed E-state index contributed by atoms with van der Waals surface area (Å²) in [6, 6.07) is 116. The van der Waals surface area contributed by atoms with Crippen molar-refractivity contribution in [3.05, 3.63) is 315 Å². The zero-order valence-electron chi connectivity index (χ0n) is 43.9. The Morgan fingerprint density at radius 1 is 0.275 bits per heavy atom. The lowest BCUT2D eigenvalue weighted by molar-refractivity contribution is 1.26. The molecule has 0 aromatic heterocycles. The highest BCUT2D eigenvalue weighted by molar-refractivity contribution is 6.94. The summed E-state index contributed by atoms with van der Waals surface area (Å²) in [6.07, 6.45) is 0. The quantitative estimate of drug-likeness (QED) is 0.126. The number of benzene rings is 13. The normalized spacial score (nSPS) is 12.2. The lowest BCUT2D eigenvalue weighted by Gasteiger charge is -2.46. The first-order valence-corrected chi connectivity index (χ1v) is 27.6. The SMILES string of the molecule is c1ccc(-c2ccc(N3B4c5cc(-c6ccccc6)ccc5N(c5ccc(-c6ccccc6)cc5)c5c4c(cc4ccccc54)-c4cc(N(c5ccc(-c6ccccc6)cc5)c5ccc(-c6ccccc6)cc5)ccc43)cc2)cc1. The van der Waals surface area contributed by atoms with E-state index in [1.165, 1.54) is 94.1 Å². The van der Waals surface area contributed by atoms with Gasteiger partial charge in [0.2, 0.25) is 0 Å². The van der Waals surface area contributed by atoms with E-state index in [9.17, 15) is 0 Å². The minimum Gasteiger partial charge on any atom is -0.376 e. The number of rotatable bonds is 10. The molecule has 0 radical (unpaired) electrons. The molecule has 2 aliphatic rings. The minimum absolute atomic E-state index is 0.198. The fourth-order valence-corrected chi connectivity index (χ4v) is 12.4. The monoisotopic (exact) mass is 1020 g/mol. The van der Waals surface area contributed by atoms with Gasteiger partial charge in [-0.25, -0.2) is 0 Å². The molecule has 15 rings (SSSR count). The maximum Gasteiger partial charge on any atom is 0.333 e. The molecule has 13 aromatic rings. The number of hydrogen-bond acceptors (Lipinski definition) is 3. The topological polar surface area (TPSA) is 9.72 Å². The summed E-state index contributed by atoms with van der Waals surface area (Å²) in [5.41, 5.74) is 25.7. The van der Waals surface area contributed by atoms with Crippen molar-refractivity contribution in [1.82, 2.24) is 0 Å².